The van der Waals surface area contributed by atoms with Crippen LogP contribution in [0.5, 0.6) is 5.75 Å². The molecule has 0 aliphatic carbocycles. The molecule has 3 N–H and O–H groups in total. The molecule has 2 aromatic rings. The number of nitrogens with zero attached hydrogens (tertiary/aromatic N) is 3. The van der Waals surface area contributed by atoms with Crippen LogP contribution in [-0.4, -0.2) is 39.4 Å². The summed E-state index contributed by atoms with van der Waals surface area (Å²) in [5.74, 6) is -1.65. The molecule has 2 rings (SSSR count). The van der Waals surface area contributed by atoms with Gasteiger partial charge in [-0.1, -0.05) is 0 Å². The van der Waals surface area contributed by atoms with Crippen molar-refractivity contribution >= 4 is 16.0 Å². The second-order valence-corrected chi connectivity index (χ2v) is 5.91. The van der Waals surface area contributed by atoms with Crippen LogP contribution in [0.2, 0.25) is 0 Å². The maximum atomic E-state index is 12.1. The average Bonchev–Trinajstić information content (AvgIpc) is 2.82. The van der Waals surface area contributed by atoms with Crippen molar-refractivity contribution in [2.75, 3.05) is 0 Å². The Morgan fingerprint density at radius 2 is 2.14 bits per heavy atom. The first-order valence-electron chi connectivity index (χ1n) is 5.70. The maximum absolute atomic E-state index is 12.1. The number of hydrogen-bond donors (Lipinski definition) is 3. The van der Waals surface area contributed by atoms with E-state index in [4.69, 9.17) is 5.11 Å². The fraction of sp³-hybridized carbons (Fsp3) is 0.182. The molecule has 0 saturated heterocycles. The molecule has 0 spiro atoms. The summed E-state index contributed by atoms with van der Waals surface area (Å²) in [6.07, 6.45) is 1.42. The predicted octanol–water partition coefficient (Wildman–Crippen LogP) is -0.303. The van der Waals surface area contributed by atoms with Crippen LogP contribution in [0.15, 0.2) is 29.4 Å². The lowest BCUT2D eigenvalue weighted by molar-refractivity contribution is 0.0693. The van der Waals surface area contributed by atoms with Crippen molar-refractivity contribution in [1.82, 2.24) is 19.5 Å². The van der Waals surface area contributed by atoms with E-state index in [-0.39, 0.29) is 17.3 Å². The number of carboxylic acid groups (broad SMARTS) is 1. The van der Waals surface area contributed by atoms with Gasteiger partial charge in [0.05, 0.1) is 11.4 Å². The van der Waals surface area contributed by atoms with Gasteiger partial charge in [0.15, 0.2) is 5.82 Å². The van der Waals surface area contributed by atoms with Crippen LogP contribution < -0.4 is 4.72 Å². The highest BCUT2D eigenvalue weighted by Gasteiger charge is 2.19. The number of benzene rings is 1. The van der Waals surface area contributed by atoms with E-state index in [0.29, 0.717) is 0 Å². The van der Waals surface area contributed by atoms with E-state index >= 15 is 0 Å². The summed E-state index contributed by atoms with van der Waals surface area (Å²) in [5.41, 5.74) is -0.492. The number of hydrogen-bond acceptors (Lipinski definition) is 6. The number of rotatable bonds is 5. The molecule has 21 heavy (non-hydrogen) atoms. The quantitative estimate of drug-likeness (QED) is 0.689. The Kier molecular flexibility index (Phi) is 3.91. The number of aryl methyl sites for hydroxylation is 1. The van der Waals surface area contributed by atoms with Crippen LogP contribution in [0, 0.1) is 0 Å². The molecule has 0 fully saturated rings. The summed E-state index contributed by atoms with van der Waals surface area (Å²) in [7, 11) is -2.29. The normalized spacial score (nSPS) is 11.5. The topological polar surface area (TPSA) is 134 Å². The minimum absolute atomic E-state index is 0.132. The van der Waals surface area contributed by atoms with Crippen molar-refractivity contribution in [1.29, 1.82) is 0 Å². The predicted molar refractivity (Wildman–Crippen MR) is 70.1 cm³/mol. The van der Waals surface area contributed by atoms with Crippen molar-refractivity contribution in [3.05, 3.63) is 35.9 Å². The molecular weight excluding hydrogens is 300 g/mol. The SMILES string of the molecule is Cn1cnc(CNS(=O)(=O)c2ccc(O)c(C(=O)O)c2)n1. The molecule has 0 radical (unpaired) electrons. The van der Waals surface area contributed by atoms with E-state index < -0.39 is 27.3 Å². The Hall–Kier alpha value is -2.46. The molecule has 0 saturated carbocycles. The summed E-state index contributed by atoms with van der Waals surface area (Å²) < 4.78 is 27.8. The Morgan fingerprint density at radius 1 is 1.43 bits per heavy atom. The third kappa shape index (κ3) is 3.35. The standard InChI is InChI=1S/C11H12N4O5S/c1-15-6-12-10(14-15)5-13-21(19,20)7-2-3-9(16)8(4-7)11(17)18/h2-4,6,13,16H,5H2,1H3,(H,17,18). The number of aromatic nitrogens is 3. The summed E-state index contributed by atoms with van der Waals surface area (Å²) in [5, 5.41) is 22.1. The van der Waals surface area contributed by atoms with Crippen molar-refractivity contribution in [2.45, 2.75) is 11.4 Å². The van der Waals surface area contributed by atoms with Gasteiger partial charge in [-0.15, -0.1) is 0 Å². The van der Waals surface area contributed by atoms with Crippen molar-refractivity contribution in [2.24, 2.45) is 7.05 Å². The number of nitrogens with one attached hydrogen (secondary N) is 1. The highest BCUT2D eigenvalue weighted by atomic mass is 32.2. The van der Waals surface area contributed by atoms with Crippen LogP contribution >= 0.6 is 0 Å². The lowest BCUT2D eigenvalue weighted by atomic mass is 10.2. The Morgan fingerprint density at radius 3 is 2.71 bits per heavy atom. The number of carbonyl (C=O) groups is 1. The van der Waals surface area contributed by atoms with Crippen molar-refractivity contribution < 1.29 is 23.4 Å². The van der Waals surface area contributed by atoms with Gasteiger partial charge >= 0.3 is 5.97 Å². The first-order chi connectivity index (χ1) is 9.79. The zero-order valence-electron chi connectivity index (χ0n) is 10.9. The van der Waals surface area contributed by atoms with Gasteiger partial charge in [-0.25, -0.2) is 22.9 Å². The third-order valence-electron chi connectivity index (χ3n) is 2.58. The van der Waals surface area contributed by atoms with E-state index in [1.165, 1.54) is 11.0 Å². The van der Waals surface area contributed by atoms with Gasteiger partial charge in [-0.3, -0.25) is 4.68 Å². The monoisotopic (exact) mass is 312 g/mol. The molecule has 0 aliphatic rings. The van der Waals surface area contributed by atoms with Crippen molar-refractivity contribution in [3.63, 3.8) is 0 Å². The number of sulfonamides is 1. The van der Waals surface area contributed by atoms with Gasteiger partial charge in [0.25, 0.3) is 0 Å². The maximum Gasteiger partial charge on any atom is 0.339 e. The van der Waals surface area contributed by atoms with E-state index in [9.17, 15) is 18.3 Å². The second kappa shape index (κ2) is 5.50. The van der Waals surface area contributed by atoms with Crippen LogP contribution in [0.4, 0.5) is 0 Å². The molecule has 0 bridgehead atoms. The number of carboxylic acids is 1. The smallest absolute Gasteiger partial charge is 0.339 e. The van der Waals surface area contributed by atoms with Gasteiger partial charge in [-0.05, 0) is 18.2 Å². The highest BCUT2D eigenvalue weighted by Crippen LogP contribution is 2.21. The lowest BCUT2D eigenvalue weighted by Crippen LogP contribution is -2.24. The number of aromatic hydroxyl groups is 1. The van der Waals surface area contributed by atoms with Crippen molar-refractivity contribution in [3.8, 4) is 5.75 Å². The summed E-state index contributed by atoms with van der Waals surface area (Å²) in [6.45, 7) is -0.132. The molecular formula is C11H12N4O5S. The van der Waals surface area contributed by atoms with Crippen LogP contribution in [0.1, 0.15) is 16.2 Å². The zero-order chi connectivity index (χ0) is 15.6. The molecule has 9 nitrogen and oxygen atoms in total. The summed E-state index contributed by atoms with van der Waals surface area (Å²) in [6, 6.07) is 3.00. The fourth-order valence-corrected chi connectivity index (χ4v) is 2.57. The third-order valence-corrected chi connectivity index (χ3v) is 3.97. The van der Waals surface area contributed by atoms with E-state index in [0.717, 1.165) is 18.2 Å². The van der Waals surface area contributed by atoms with Gasteiger partial charge < -0.3 is 10.2 Å². The molecule has 1 heterocycles. The second-order valence-electron chi connectivity index (χ2n) is 4.14. The summed E-state index contributed by atoms with van der Waals surface area (Å²) >= 11 is 0. The molecule has 0 aliphatic heterocycles. The highest BCUT2D eigenvalue weighted by molar-refractivity contribution is 7.89. The first-order valence-corrected chi connectivity index (χ1v) is 7.18. The lowest BCUT2D eigenvalue weighted by Gasteiger charge is -2.07. The van der Waals surface area contributed by atoms with Gasteiger partial charge in [0, 0.05) is 7.05 Å². The molecule has 0 unspecified atom stereocenters. The van der Waals surface area contributed by atoms with Crippen LogP contribution in [0.3, 0.4) is 0 Å². The Labute approximate surface area is 119 Å². The minimum Gasteiger partial charge on any atom is -0.507 e. The zero-order valence-corrected chi connectivity index (χ0v) is 11.7. The first kappa shape index (κ1) is 14.9. The van der Waals surface area contributed by atoms with Crippen LogP contribution in [-0.2, 0) is 23.6 Å². The van der Waals surface area contributed by atoms with E-state index in [1.54, 1.807) is 7.05 Å². The van der Waals surface area contributed by atoms with E-state index in [1.807, 2.05) is 0 Å². The number of phenols is 1. The molecule has 0 amide bonds. The molecule has 1 aromatic carbocycles. The number of aromatic carboxylic acids is 1. The average molecular weight is 312 g/mol. The molecule has 10 heteroatoms. The fourth-order valence-electron chi connectivity index (χ4n) is 1.56. The molecule has 1 aromatic heterocycles. The van der Waals surface area contributed by atoms with Gasteiger partial charge in [0.2, 0.25) is 10.0 Å². The van der Waals surface area contributed by atoms with Crippen LogP contribution in [0.25, 0.3) is 0 Å². The van der Waals surface area contributed by atoms with E-state index in [2.05, 4.69) is 14.8 Å². The minimum atomic E-state index is -3.94. The van der Waals surface area contributed by atoms with Gasteiger partial charge in [-0.2, -0.15) is 5.10 Å². The Balaban J connectivity index is 2.23. The molecule has 112 valence electrons. The van der Waals surface area contributed by atoms with Gasteiger partial charge in [0.1, 0.15) is 17.6 Å². The largest absolute Gasteiger partial charge is 0.507 e. The molecule has 0 atom stereocenters. The summed E-state index contributed by atoms with van der Waals surface area (Å²) in [4.78, 5) is 14.5. The Bertz CT molecular complexity index is 784.